The molecule has 0 bridgehead atoms. The van der Waals surface area contributed by atoms with Gasteiger partial charge in [0.2, 0.25) is 0 Å². The fourth-order valence-corrected chi connectivity index (χ4v) is 3.46. The second kappa shape index (κ2) is 9.64. The second-order valence-corrected chi connectivity index (χ2v) is 6.89. The van der Waals surface area contributed by atoms with Crippen molar-refractivity contribution in [2.45, 2.75) is 32.4 Å². The summed E-state index contributed by atoms with van der Waals surface area (Å²) in [6.07, 6.45) is 1.90. The largest absolute Gasteiger partial charge is 0.493 e. The summed E-state index contributed by atoms with van der Waals surface area (Å²) in [4.78, 5) is 2.16. The van der Waals surface area contributed by atoms with Crippen LogP contribution in [-0.2, 0) is 6.54 Å². The highest BCUT2D eigenvalue weighted by Gasteiger charge is 2.17. The van der Waals surface area contributed by atoms with Gasteiger partial charge in [0.1, 0.15) is 6.10 Å². The molecule has 0 aliphatic carbocycles. The molecule has 5 nitrogen and oxygen atoms in total. The first-order chi connectivity index (χ1) is 13.6. The van der Waals surface area contributed by atoms with Gasteiger partial charge in [-0.15, -0.1) is 0 Å². The Labute approximate surface area is 166 Å². The van der Waals surface area contributed by atoms with E-state index in [1.54, 1.807) is 26.4 Å². The van der Waals surface area contributed by atoms with Crippen LogP contribution in [0.15, 0.2) is 36.4 Å². The molecule has 28 heavy (non-hydrogen) atoms. The molecular formula is C22H29FN2O3. The number of anilines is 1. The van der Waals surface area contributed by atoms with Crippen molar-refractivity contribution in [2.24, 2.45) is 0 Å². The summed E-state index contributed by atoms with van der Waals surface area (Å²) < 4.78 is 31.1. The highest BCUT2D eigenvalue weighted by Crippen LogP contribution is 2.32. The van der Waals surface area contributed by atoms with Gasteiger partial charge in [0.05, 0.1) is 14.2 Å². The molecule has 1 N–H and O–H groups in total. The van der Waals surface area contributed by atoms with E-state index >= 15 is 0 Å². The maximum atomic E-state index is 14.6. The number of hydrogen-bond donors (Lipinski definition) is 1. The van der Waals surface area contributed by atoms with Crippen molar-refractivity contribution < 1.29 is 18.6 Å². The Morgan fingerprint density at radius 2 is 1.71 bits per heavy atom. The number of benzene rings is 2. The molecule has 0 amide bonds. The number of hydrogen-bond acceptors (Lipinski definition) is 5. The van der Waals surface area contributed by atoms with Gasteiger partial charge >= 0.3 is 0 Å². The summed E-state index contributed by atoms with van der Waals surface area (Å²) in [6, 6.07) is 11.0. The predicted molar refractivity (Wildman–Crippen MR) is 109 cm³/mol. The van der Waals surface area contributed by atoms with Gasteiger partial charge in [0, 0.05) is 24.8 Å². The average molecular weight is 388 g/mol. The molecule has 2 aromatic carbocycles. The molecule has 2 aromatic rings. The Kier molecular flexibility index (Phi) is 6.98. The van der Waals surface area contributed by atoms with Gasteiger partial charge < -0.3 is 24.4 Å². The summed E-state index contributed by atoms with van der Waals surface area (Å²) in [5.41, 5.74) is 1.89. The number of methoxy groups -OCH3 is 2. The van der Waals surface area contributed by atoms with E-state index in [-0.39, 0.29) is 11.9 Å². The summed E-state index contributed by atoms with van der Waals surface area (Å²) >= 11 is 0. The molecule has 1 aliphatic heterocycles. The molecule has 1 aliphatic rings. The Bertz CT molecular complexity index is 778. The normalized spacial score (nSPS) is 14.6. The average Bonchev–Trinajstić information content (AvgIpc) is 2.74. The quantitative estimate of drug-likeness (QED) is 0.740. The minimum atomic E-state index is -0.306. The van der Waals surface area contributed by atoms with Gasteiger partial charge in [-0.25, -0.2) is 4.39 Å². The first-order valence-corrected chi connectivity index (χ1v) is 9.77. The van der Waals surface area contributed by atoms with Gasteiger partial charge in [0.15, 0.2) is 23.1 Å². The molecule has 1 saturated heterocycles. The van der Waals surface area contributed by atoms with Gasteiger partial charge in [-0.3, -0.25) is 0 Å². The van der Waals surface area contributed by atoms with Crippen LogP contribution in [0, 0.1) is 5.82 Å². The molecule has 6 heteroatoms. The van der Waals surface area contributed by atoms with E-state index in [1.165, 1.54) is 0 Å². The fraction of sp³-hybridized carbons (Fsp3) is 0.455. The van der Waals surface area contributed by atoms with Crippen LogP contribution >= 0.6 is 0 Å². The zero-order chi connectivity index (χ0) is 19.9. The SMILES string of the molecule is CCN(Cc1ccc(OC2CCNCC2)c(F)c1)c1ccc(OC)c(OC)c1. The summed E-state index contributed by atoms with van der Waals surface area (Å²) in [5, 5.41) is 3.29. The summed E-state index contributed by atoms with van der Waals surface area (Å²) in [6.45, 7) is 5.28. The van der Waals surface area contributed by atoms with E-state index < -0.39 is 0 Å². The first kappa shape index (κ1) is 20.3. The number of nitrogens with one attached hydrogen (secondary N) is 1. The highest BCUT2D eigenvalue weighted by molar-refractivity contribution is 5.56. The van der Waals surface area contributed by atoms with Gasteiger partial charge in [-0.2, -0.15) is 0 Å². The van der Waals surface area contributed by atoms with E-state index in [1.807, 2.05) is 24.3 Å². The monoisotopic (exact) mass is 388 g/mol. The smallest absolute Gasteiger partial charge is 0.165 e. The Morgan fingerprint density at radius 3 is 2.36 bits per heavy atom. The van der Waals surface area contributed by atoms with E-state index in [9.17, 15) is 4.39 Å². The van der Waals surface area contributed by atoms with Crippen LogP contribution in [-0.4, -0.2) is 40.0 Å². The summed E-state index contributed by atoms with van der Waals surface area (Å²) in [5.74, 6) is 1.40. The molecule has 0 spiro atoms. The van der Waals surface area contributed by atoms with E-state index in [2.05, 4.69) is 17.1 Å². The van der Waals surface area contributed by atoms with E-state index in [0.717, 1.165) is 43.7 Å². The third-order valence-electron chi connectivity index (χ3n) is 5.06. The van der Waals surface area contributed by atoms with Crippen LogP contribution in [0.5, 0.6) is 17.2 Å². The van der Waals surface area contributed by atoms with Crippen LogP contribution in [0.2, 0.25) is 0 Å². The number of piperidine rings is 1. The highest BCUT2D eigenvalue weighted by atomic mass is 19.1. The number of rotatable bonds is 8. The van der Waals surface area contributed by atoms with E-state index in [4.69, 9.17) is 14.2 Å². The lowest BCUT2D eigenvalue weighted by Crippen LogP contribution is -2.34. The van der Waals surface area contributed by atoms with Crippen LogP contribution in [0.3, 0.4) is 0 Å². The maximum absolute atomic E-state index is 14.6. The zero-order valence-corrected chi connectivity index (χ0v) is 16.8. The van der Waals surface area contributed by atoms with Crippen LogP contribution in [0.25, 0.3) is 0 Å². The minimum absolute atomic E-state index is 0.0838. The van der Waals surface area contributed by atoms with Crippen molar-refractivity contribution in [1.29, 1.82) is 0 Å². The first-order valence-electron chi connectivity index (χ1n) is 9.77. The number of ether oxygens (including phenoxy) is 3. The van der Waals surface area contributed by atoms with Crippen molar-refractivity contribution in [1.82, 2.24) is 5.32 Å². The fourth-order valence-electron chi connectivity index (χ4n) is 3.46. The second-order valence-electron chi connectivity index (χ2n) is 6.89. The number of halogens is 1. The lowest BCUT2D eigenvalue weighted by Gasteiger charge is -2.25. The molecule has 0 atom stereocenters. The van der Waals surface area contributed by atoms with Crippen molar-refractivity contribution >= 4 is 5.69 Å². The Hall–Kier alpha value is -2.47. The van der Waals surface area contributed by atoms with Crippen LogP contribution in [0.1, 0.15) is 25.3 Å². The minimum Gasteiger partial charge on any atom is -0.493 e. The van der Waals surface area contributed by atoms with Crippen molar-refractivity contribution in [2.75, 3.05) is 38.8 Å². The third-order valence-corrected chi connectivity index (χ3v) is 5.06. The molecule has 0 aromatic heterocycles. The van der Waals surface area contributed by atoms with Crippen LogP contribution in [0.4, 0.5) is 10.1 Å². The van der Waals surface area contributed by atoms with Crippen molar-refractivity contribution in [3.63, 3.8) is 0 Å². The molecular weight excluding hydrogens is 359 g/mol. The Morgan fingerprint density at radius 1 is 1.00 bits per heavy atom. The zero-order valence-electron chi connectivity index (χ0n) is 16.8. The van der Waals surface area contributed by atoms with Gasteiger partial charge in [0.25, 0.3) is 0 Å². The molecule has 0 unspecified atom stereocenters. The lowest BCUT2D eigenvalue weighted by atomic mass is 10.1. The molecule has 3 rings (SSSR count). The summed E-state index contributed by atoms with van der Waals surface area (Å²) in [7, 11) is 3.24. The maximum Gasteiger partial charge on any atom is 0.165 e. The van der Waals surface area contributed by atoms with E-state index in [0.29, 0.717) is 23.8 Å². The third kappa shape index (κ3) is 4.87. The van der Waals surface area contributed by atoms with Gasteiger partial charge in [-0.1, -0.05) is 6.07 Å². The standard InChI is InChI=1S/C22H29FN2O3/c1-4-25(17-6-8-21(26-2)22(14-17)27-3)15-16-5-7-20(19(23)13-16)28-18-9-11-24-12-10-18/h5-8,13-14,18,24H,4,9-12,15H2,1-3H3. The Balaban J connectivity index is 1.71. The molecule has 152 valence electrons. The van der Waals surface area contributed by atoms with Crippen molar-refractivity contribution in [3.8, 4) is 17.2 Å². The van der Waals surface area contributed by atoms with Gasteiger partial charge in [-0.05, 0) is 62.7 Å². The number of nitrogens with zero attached hydrogens (tertiary/aromatic N) is 1. The van der Waals surface area contributed by atoms with Crippen LogP contribution < -0.4 is 24.4 Å². The topological polar surface area (TPSA) is 43.0 Å². The molecule has 0 saturated carbocycles. The predicted octanol–water partition coefficient (Wildman–Crippen LogP) is 4.00. The molecule has 1 fully saturated rings. The molecule has 0 radical (unpaired) electrons. The lowest BCUT2D eigenvalue weighted by molar-refractivity contribution is 0.156. The van der Waals surface area contributed by atoms with Crippen molar-refractivity contribution in [3.05, 3.63) is 47.8 Å². The molecule has 1 heterocycles.